The molecule has 1 aliphatic rings. The normalized spacial score (nSPS) is 14.5. The first kappa shape index (κ1) is 21.1. The zero-order chi connectivity index (χ0) is 20.7. The van der Waals surface area contributed by atoms with Crippen LogP contribution in [0.3, 0.4) is 0 Å². The third kappa shape index (κ3) is 5.95. The minimum atomic E-state index is -3.80. The van der Waals surface area contributed by atoms with E-state index < -0.39 is 10.0 Å². The Balaban J connectivity index is 1.62. The van der Waals surface area contributed by atoms with Gasteiger partial charge in [0.05, 0.1) is 37.7 Å². The molecule has 0 radical (unpaired) electrons. The van der Waals surface area contributed by atoms with Crippen LogP contribution in [0, 0.1) is 0 Å². The first-order valence-electron chi connectivity index (χ1n) is 9.95. The van der Waals surface area contributed by atoms with Gasteiger partial charge in [-0.25, -0.2) is 8.42 Å². The third-order valence-corrected chi connectivity index (χ3v) is 6.28. The van der Waals surface area contributed by atoms with Crippen molar-refractivity contribution in [1.82, 2.24) is 5.32 Å². The zero-order valence-electron chi connectivity index (χ0n) is 16.6. The maximum Gasteiger partial charge on any atom is 0.261 e. The second-order valence-corrected chi connectivity index (χ2v) is 8.74. The van der Waals surface area contributed by atoms with Crippen LogP contribution in [0.4, 0.5) is 5.69 Å². The minimum Gasteiger partial charge on any atom is -0.494 e. The second kappa shape index (κ2) is 9.76. The average Bonchev–Trinajstić information content (AvgIpc) is 3.23. The van der Waals surface area contributed by atoms with Crippen LogP contribution < -0.4 is 19.7 Å². The molecule has 1 aliphatic heterocycles. The van der Waals surface area contributed by atoms with E-state index in [0.717, 1.165) is 19.6 Å². The summed E-state index contributed by atoms with van der Waals surface area (Å²) < 4.78 is 33.3. The number of carbonyl (C=O) groups excluding carboxylic acids is 1. The van der Waals surface area contributed by atoms with E-state index in [9.17, 15) is 13.2 Å². The highest BCUT2D eigenvalue weighted by molar-refractivity contribution is 7.92. The summed E-state index contributed by atoms with van der Waals surface area (Å²) in [5, 5.41) is 2.88. The largest absolute Gasteiger partial charge is 0.494 e. The van der Waals surface area contributed by atoms with Gasteiger partial charge in [0, 0.05) is 24.1 Å². The minimum absolute atomic E-state index is 0.0456. The van der Waals surface area contributed by atoms with E-state index in [2.05, 4.69) is 10.0 Å². The Labute approximate surface area is 172 Å². The van der Waals surface area contributed by atoms with Crippen molar-refractivity contribution in [2.75, 3.05) is 37.5 Å². The maximum atomic E-state index is 12.7. The molecule has 0 bridgehead atoms. The Bertz CT molecular complexity index is 923. The second-order valence-electron chi connectivity index (χ2n) is 7.05. The van der Waals surface area contributed by atoms with E-state index in [-0.39, 0.29) is 10.8 Å². The standard InChI is InChI=1S/C21H27N3O4S/c1-2-28-19-10-8-18(9-11-19)23-29(26,27)20-7-5-6-17(16-20)21(25)22-12-15-24-13-3-4-14-24/h5-11,16,23H,2-4,12-15H2,1H3,(H,22,25)/p+1. The lowest BCUT2D eigenvalue weighted by Gasteiger charge is -2.13. The molecule has 0 spiro atoms. The molecule has 0 aromatic heterocycles. The van der Waals surface area contributed by atoms with Crippen molar-refractivity contribution in [3.05, 3.63) is 54.1 Å². The van der Waals surface area contributed by atoms with E-state index in [1.165, 1.54) is 29.9 Å². The number of hydrogen-bond donors (Lipinski definition) is 3. The molecular formula is C21H28N3O4S+. The number of carbonyl (C=O) groups is 1. The quantitative estimate of drug-likeness (QED) is 0.573. The van der Waals surface area contributed by atoms with Gasteiger partial charge in [-0.1, -0.05) is 6.07 Å². The molecule has 1 heterocycles. The summed E-state index contributed by atoms with van der Waals surface area (Å²) in [7, 11) is -3.80. The van der Waals surface area contributed by atoms with Gasteiger partial charge in [-0.2, -0.15) is 0 Å². The van der Waals surface area contributed by atoms with Crippen LogP contribution in [0.25, 0.3) is 0 Å². The van der Waals surface area contributed by atoms with Gasteiger partial charge in [-0.15, -0.1) is 0 Å². The molecule has 0 aliphatic carbocycles. The fourth-order valence-electron chi connectivity index (χ4n) is 3.38. The van der Waals surface area contributed by atoms with Gasteiger partial charge in [0.25, 0.3) is 15.9 Å². The van der Waals surface area contributed by atoms with Crippen molar-refractivity contribution < 1.29 is 22.8 Å². The summed E-state index contributed by atoms with van der Waals surface area (Å²) in [6.07, 6.45) is 2.48. The Morgan fingerprint density at radius 2 is 1.83 bits per heavy atom. The number of amides is 1. The van der Waals surface area contributed by atoms with E-state index in [0.29, 0.717) is 30.2 Å². The molecule has 3 rings (SSSR count). The smallest absolute Gasteiger partial charge is 0.261 e. The van der Waals surface area contributed by atoms with Gasteiger partial charge < -0.3 is 15.0 Å². The highest BCUT2D eigenvalue weighted by atomic mass is 32.2. The maximum absolute atomic E-state index is 12.7. The van der Waals surface area contributed by atoms with Crippen molar-refractivity contribution in [1.29, 1.82) is 0 Å². The van der Waals surface area contributed by atoms with Gasteiger partial charge in [0.1, 0.15) is 5.75 Å². The first-order valence-corrected chi connectivity index (χ1v) is 11.4. The van der Waals surface area contributed by atoms with Crippen LogP contribution in [0.15, 0.2) is 53.4 Å². The number of rotatable bonds is 9. The Morgan fingerprint density at radius 1 is 1.10 bits per heavy atom. The molecule has 0 saturated carbocycles. The molecule has 1 amide bonds. The van der Waals surface area contributed by atoms with Gasteiger partial charge in [0.2, 0.25) is 0 Å². The lowest BCUT2D eigenvalue weighted by Crippen LogP contribution is -3.10. The van der Waals surface area contributed by atoms with Crippen molar-refractivity contribution in [3.8, 4) is 5.75 Å². The van der Waals surface area contributed by atoms with Crippen molar-refractivity contribution in [2.45, 2.75) is 24.7 Å². The van der Waals surface area contributed by atoms with Crippen LogP contribution >= 0.6 is 0 Å². The molecule has 1 fully saturated rings. The number of benzene rings is 2. The van der Waals surface area contributed by atoms with Crippen molar-refractivity contribution in [2.24, 2.45) is 0 Å². The number of sulfonamides is 1. The van der Waals surface area contributed by atoms with Crippen molar-refractivity contribution >= 4 is 21.6 Å². The summed E-state index contributed by atoms with van der Waals surface area (Å²) >= 11 is 0. The Hall–Kier alpha value is -2.58. The number of likely N-dealkylation sites (tertiary alicyclic amines) is 1. The summed E-state index contributed by atoms with van der Waals surface area (Å²) in [5.74, 6) is 0.409. The van der Waals surface area contributed by atoms with Crippen molar-refractivity contribution in [3.63, 3.8) is 0 Å². The SMILES string of the molecule is CCOc1ccc(NS(=O)(=O)c2cccc(C(=O)NCC[NH+]3CCCC3)c2)cc1. The number of anilines is 1. The van der Waals surface area contributed by atoms with E-state index in [4.69, 9.17) is 4.74 Å². The van der Waals surface area contributed by atoms with Crippen LogP contribution in [-0.2, 0) is 10.0 Å². The number of ether oxygens (including phenoxy) is 1. The van der Waals surface area contributed by atoms with Gasteiger partial charge in [-0.3, -0.25) is 9.52 Å². The van der Waals surface area contributed by atoms with Gasteiger partial charge in [-0.05, 0) is 49.4 Å². The molecule has 0 atom stereocenters. The highest BCUT2D eigenvalue weighted by Crippen LogP contribution is 2.20. The average molecular weight is 419 g/mol. The predicted molar refractivity (Wildman–Crippen MR) is 112 cm³/mol. The molecule has 3 N–H and O–H groups in total. The molecule has 156 valence electrons. The summed E-state index contributed by atoms with van der Waals surface area (Å²) in [6.45, 7) is 6.20. The first-order chi connectivity index (χ1) is 14.0. The lowest BCUT2D eigenvalue weighted by molar-refractivity contribution is -0.886. The summed E-state index contributed by atoms with van der Waals surface area (Å²) in [6, 6.07) is 12.7. The zero-order valence-corrected chi connectivity index (χ0v) is 17.4. The molecule has 2 aromatic carbocycles. The van der Waals surface area contributed by atoms with Crippen LogP contribution in [0.1, 0.15) is 30.1 Å². The molecule has 1 saturated heterocycles. The topological polar surface area (TPSA) is 88.9 Å². The molecular weight excluding hydrogens is 390 g/mol. The summed E-state index contributed by atoms with van der Waals surface area (Å²) in [5.41, 5.74) is 0.757. The fraction of sp³-hybridized carbons (Fsp3) is 0.381. The van der Waals surface area contributed by atoms with Crippen LogP contribution in [-0.4, -0.2) is 47.1 Å². The number of nitrogens with one attached hydrogen (secondary N) is 3. The predicted octanol–water partition coefficient (Wildman–Crippen LogP) is 1.29. The third-order valence-electron chi connectivity index (χ3n) is 4.90. The van der Waals surface area contributed by atoms with Gasteiger partial charge in [0.15, 0.2) is 0 Å². The number of hydrogen-bond acceptors (Lipinski definition) is 4. The van der Waals surface area contributed by atoms with E-state index in [1.807, 2.05) is 6.92 Å². The van der Waals surface area contributed by atoms with Crippen LogP contribution in [0.2, 0.25) is 0 Å². The lowest BCUT2D eigenvalue weighted by atomic mass is 10.2. The van der Waals surface area contributed by atoms with E-state index >= 15 is 0 Å². The monoisotopic (exact) mass is 418 g/mol. The molecule has 29 heavy (non-hydrogen) atoms. The van der Waals surface area contributed by atoms with Crippen LogP contribution in [0.5, 0.6) is 5.75 Å². The molecule has 0 unspecified atom stereocenters. The summed E-state index contributed by atoms with van der Waals surface area (Å²) in [4.78, 5) is 14.0. The van der Waals surface area contributed by atoms with Gasteiger partial charge >= 0.3 is 0 Å². The fourth-order valence-corrected chi connectivity index (χ4v) is 4.49. The van der Waals surface area contributed by atoms with E-state index in [1.54, 1.807) is 36.4 Å². The Morgan fingerprint density at radius 3 is 2.52 bits per heavy atom. The molecule has 8 heteroatoms. The Kier molecular flexibility index (Phi) is 7.11. The molecule has 2 aromatic rings. The highest BCUT2D eigenvalue weighted by Gasteiger charge is 2.18. The number of quaternary nitrogens is 1. The molecule has 7 nitrogen and oxygen atoms in total.